The Labute approximate surface area is 93.8 Å². The highest BCUT2D eigenvalue weighted by molar-refractivity contribution is 6.31. The van der Waals surface area contributed by atoms with Gasteiger partial charge in [-0.25, -0.2) is 4.98 Å². The quantitative estimate of drug-likeness (QED) is 0.591. The molecule has 1 aromatic heterocycles. The van der Waals surface area contributed by atoms with E-state index in [1.54, 1.807) is 6.07 Å². The Bertz CT molecular complexity index is 355. The summed E-state index contributed by atoms with van der Waals surface area (Å²) in [6.45, 7) is 3.47. The average molecular weight is 228 g/mol. The molecule has 0 fully saturated rings. The minimum atomic E-state index is -0.0385. The third-order valence-electron chi connectivity index (χ3n) is 1.96. The number of hydrogen-bond acceptors (Lipinski definition) is 4. The lowest BCUT2D eigenvalue weighted by Crippen LogP contribution is -2.18. The molecule has 15 heavy (non-hydrogen) atoms. The molecule has 0 aliphatic heterocycles. The molecule has 0 aliphatic rings. The molecule has 1 rings (SSSR count). The van der Waals surface area contributed by atoms with Crippen molar-refractivity contribution >= 4 is 23.2 Å². The third-order valence-corrected chi connectivity index (χ3v) is 2.17. The van der Waals surface area contributed by atoms with Crippen molar-refractivity contribution in [3.05, 3.63) is 22.8 Å². The summed E-state index contributed by atoms with van der Waals surface area (Å²) in [5.41, 5.74) is 5.99. The van der Waals surface area contributed by atoms with Crippen LogP contribution in [0.2, 0.25) is 5.02 Å². The first kappa shape index (κ1) is 11.9. The zero-order valence-corrected chi connectivity index (χ0v) is 9.34. The molecule has 0 saturated heterocycles. The first-order valence-electron chi connectivity index (χ1n) is 4.80. The molecular weight excluding hydrogens is 214 g/mol. The number of carbonyl (C=O) groups is 1. The predicted molar refractivity (Wildman–Crippen MR) is 61.2 cm³/mol. The van der Waals surface area contributed by atoms with Gasteiger partial charge in [-0.3, -0.25) is 4.79 Å². The van der Waals surface area contributed by atoms with Crippen LogP contribution in [-0.4, -0.2) is 23.9 Å². The standard InChI is InChI=1S/C10H14ClN3O/c1-2-13-4-3-9(15)8-5-7(11)6-14-10(8)12/h5-6,13H,2-4H2,1H3,(H2,12,14). The summed E-state index contributed by atoms with van der Waals surface area (Å²) in [6, 6.07) is 1.55. The van der Waals surface area contributed by atoms with Gasteiger partial charge in [0.2, 0.25) is 0 Å². The zero-order valence-electron chi connectivity index (χ0n) is 8.59. The van der Waals surface area contributed by atoms with E-state index >= 15 is 0 Å². The van der Waals surface area contributed by atoms with Crippen molar-refractivity contribution in [1.29, 1.82) is 0 Å². The van der Waals surface area contributed by atoms with Gasteiger partial charge in [-0.15, -0.1) is 0 Å². The van der Waals surface area contributed by atoms with Crippen molar-refractivity contribution in [2.45, 2.75) is 13.3 Å². The lowest BCUT2D eigenvalue weighted by atomic mass is 10.1. The number of ketones is 1. The lowest BCUT2D eigenvalue weighted by Gasteiger charge is -2.04. The number of nitrogen functional groups attached to an aromatic ring is 1. The minimum absolute atomic E-state index is 0.0385. The zero-order chi connectivity index (χ0) is 11.3. The maximum Gasteiger partial charge on any atom is 0.167 e. The number of rotatable bonds is 5. The molecule has 4 nitrogen and oxygen atoms in total. The molecule has 3 N–H and O–H groups in total. The number of nitrogens with zero attached hydrogens (tertiary/aromatic N) is 1. The number of nitrogens with one attached hydrogen (secondary N) is 1. The van der Waals surface area contributed by atoms with Crippen LogP contribution in [0, 0.1) is 0 Å². The van der Waals surface area contributed by atoms with Crippen molar-refractivity contribution in [3.63, 3.8) is 0 Å². The number of aromatic nitrogens is 1. The molecule has 0 aromatic carbocycles. The van der Waals surface area contributed by atoms with Gasteiger partial charge in [-0.05, 0) is 12.6 Å². The van der Waals surface area contributed by atoms with Crippen molar-refractivity contribution in [1.82, 2.24) is 10.3 Å². The van der Waals surface area contributed by atoms with Crippen molar-refractivity contribution < 1.29 is 4.79 Å². The van der Waals surface area contributed by atoms with Gasteiger partial charge in [0.25, 0.3) is 0 Å². The monoisotopic (exact) mass is 227 g/mol. The Morgan fingerprint density at radius 3 is 3.07 bits per heavy atom. The maximum absolute atomic E-state index is 11.7. The second kappa shape index (κ2) is 5.68. The minimum Gasteiger partial charge on any atom is -0.383 e. The number of halogens is 1. The van der Waals surface area contributed by atoms with Crippen molar-refractivity contribution in [2.24, 2.45) is 0 Å². The summed E-state index contributed by atoms with van der Waals surface area (Å²) in [5.74, 6) is 0.198. The van der Waals surface area contributed by atoms with E-state index in [0.29, 0.717) is 23.6 Å². The van der Waals surface area contributed by atoms with E-state index in [0.717, 1.165) is 6.54 Å². The van der Waals surface area contributed by atoms with E-state index in [2.05, 4.69) is 10.3 Å². The van der Waals surface area contributed by atoms with E-state index in [4.69, 9.17) is 17.3 Å². The highest BCUT2D eigenvalue weighted by atomic mass is 35.5. The molecule has 1 aromatic rings. The molecule has 1 heterocycles. The molecule has 0 bridgehead atoms. The molecule has 0 aliphatic carbocycles. The first-order chi connectivity index (χ1) is 7.15. The molecule has 82 valence electrons. The van der Waals surface area contributed by atoms with Crippen LogP contribution in [0.1, 0.15) is 23.7 Å². The summed E-state index contributed by atoms with van der Waals surface area (Å²) in [5, 5.41) is 3.49. The van der Waals surface area contributed by atoms with Gasteiger partial charge in [-0.1, -0.05) is 18.5 Å². The molecular formula is C10H14ClN3O. The predicted octanol–water partition coefficient (Wildman–Crippen LogP) is 1.50. The highest BCUT2D eigenvalue weighted by Crippen LogP contribution is 2.16. The SMILES string of the molecule is CCNCCC(=O)c1cc(Cl)cnc1N. The molecule has 0 unspecified atom stereocenters. The molecule has 0 atom stereocenters. The number of nitrogens with two attached hydrogens (primary N) is 1. The van der Waals surface area contributed by atoms with Gasteiger partial charge in [0.15, 0.2) is 5.78 Å². The Balaban J connectivity index is 2.68. The smallest absolute Gasteiger partial charge is 0.167 e. The largest absolute Gasteiger partial charge is 0.383 e. The summed E-state index contributed by atoms with van der Waals surface area (Å²) in [7, 11) is 0. The number of hydrogen-bond donors (Lipinski definition) is 2. The Hall–Kier alpha value is -1.13. The van der Waals surface area contributed by atoms with E-state index in [1.165, 1.54) is 6.20 Å². The normalized spacial score (nSPS) is 10.3. The van der Waals surface area contributed by atoms with E-state index < -0.39 is 0 Å². The van der Waals surface area contributed by atoms with Crippen LogP contribution >= 0.6 is 11.6 Å². The van der Waals surface area contributed by atoms with Crippen LogP contribution in [0.15, 0.2) is 12.3 Å². The molecule has 0 spiro atoms. The molecule has 0 saturated carbocycles. The molecule has 0 amide bonds. The summed E-state index contributed by atoms with van der Waals surface area (Å²) in [6.07, 6.45) is 1.83. The fourth-order valence-electron chi connectivity index (χ4n) is 1.19. The molecule has 0 radical (unpaired) electrons. The van der Waals surface area contributed by atoms with Crippen molar-refractivity contribution in [3.8, 4) is 0 Å². The Morgan fingerprint density at radius 2 is 2.40 bits per heavy atom. The topological polar surface area (TPSA) is 68.0 Å². The number of Topliss-reactive ketones (excluding diaryl/α,β-unsaturated/α-hetero) is 1. The lowest BCUT2D eigenvalue weighted by molar-refractivity contribution is 0.0983. The van der Waals surface area contributed by atoms with Crippen LogP contribution in [-0.2, 0) is 0 Å². The van der Waals surface area contributed by atoms with Crippen LogP contribution in [0.25, 0.3) is 0 Å². The van der Waals surface area contributed by atoms with Gasteiger partial charge in [0.1, 0.15) is 5.82 Å². The van der Waals surface area contributed by atoms with E-state index in [1.807, 2.05) is 6.92 Å². The number of carbonyl (C=O) groups excluding carboxylic acids is 1. The van der Waals surface area contributed by atoms with Crippen LogP contribution in [0.3, 0.4) is 0 Å². The van der Waals surface area contributed by atoms with E-state index in [9.17, 15) is 4.79 Å². The van der Waals surface area contributed by atoms with Crippen LogP contribution in [0.4, 0.5) is 5.82 Å². The van der Waals surface area contributed by atoms with Gasteiger partial charge in [0, 0.05) is 19.2 Å². The molecule has 5 heteroatoms. The fourth-order valence-corrected chi connectivity index (χ4v) is 1.34. The van der Waals surface area contributed by atoms with Crippen molar-refractivity contribution in [2.75, 3.05) is 18.8 Å². The maximum atomic E-state index is 11.7. The summed E-state index contributed by atoms with van der Waals surface area (Å²) >= 11 is 5.74. The first-order valence-corrected chi connectivity index (χ1v) is 5.18. The van der Waals surface area contributed by atoms with Gasteiger partial charge in [0.05, 0.1) is 10.6 Å². The Kier molecular flexibility index (Phi) is 4.52. The van der Waals surface area contributed by atoms with Crippen LogP contribution < -0.4 is 11.1 Å². The highest BCUT2D eigenvalue weighted by Gasteiger charge is 2.10. The van der Waals surface area contributed by atoms with Gasteiger partial charge >= 0.3 is 0 Å². The Morgan fingerprint density at radius 1 is 1.67 bits per heavy atom. The van der Waals surface area contributed by atoms with E-state index in [-0.39, 0.29) is 11.6 Å². The second-order valence-electron chi connectivity index (χ2n) is 3.11. The second-order valence-corrected chi connectivity index (χ2v) is 3.55. The third kappa shape index (κ3) is 3.49. The average Bonchev–Trinajstić information content (AvgIpc) is 2.22. The van der Waals surface area contributed by atoms with Gasteiger partial charge in [-0.2, -0.15) is 0 Å². The summed E-state index contributed by atoms with van der Waals surface area (Å²) in [4.78, 5) is 15.5. The fraction of sp³-hybridized carbons (Fsp3) is 0.400. The van der Waals surface area contributed by atoms with Crippen LogP contribution in [0.5, 0.6) is 0 Å². The number of anilines is 1. The number of pyridine rings is 1. The summed E-state index contributed by atoms with van der Waals surface area (Å²) < 4.78 is 0. The van der Waals surface area contributed by atoms with Gasteiger partial charge < -0.3 is 11.1 Å².